The zero-order chi connectivity index (χ0) is 22.9. The molecule has 0 bridgehead atoms. The summed E-state index contributed by atoms with van der Waals surface area (Å²) in [7, 11) is -3.87. The van der Waals surface area contributed by atoms with Crippen LogP contribution in [0, 0.1) is 0 Å². The Kier molecular flexibility index (Phi) is 6.75. The highest BCUT2D eigenvalue weighted by Gasteiger charge is 2.51. The fourth-order valence-corrected chi connectivity index (χ4v) is 5.27. The Labute approximate surface area is 180 Å². The van der Waals surface area contributed by atoms with E-state index in [0.29, 0.717) is 26.6 Å². The second-order valence-electron chi connectivity index (χ2n) is 7.97. The van der Waals surface area contributed by atoms with Gasteiger partial charge in [0.2, 0.25) is 10.0 Å². The maximum absolute atomic E-state index is 13.1. The highest BCUT2D eigenvalue weighted by Crippen LogP contribution is 2.38. The predicted molar refractivity (Wildman–Crippen MR) is 110 cm³/mol. The molecule has 10 heteroatoms. The number of sulfonamides is 1. The summed E-state index contributed by atoms with van der Waals surface area (Å²) in [4.78, 5) is 6.19. The molecule has 1 N–H and O–H groups in total. The van der Waals surface area contributed by atoms with Crippen LogP contribution >= 0.6 is 0 Å². The van der Waals surface area contributed by atoms with E-state index in [1.807, 2.05) is 25.3 Å². The Morgan fingerprint density at radius 1 is 1.16 bits per heavy atom. The van der Waals surface area contributed by atoms with Crippen LogP contribution in [0.4, 0.5) is 13.2 Å². The quantitative estimate of drug-likeness (QED) is 0.722. The minimum absolute atomic E-state index is 0.0927. The molecule has 0 spiro atoms. The average molecular weight is 458 g/mol. The lowest BCUT2D eigenvalue weighted by molar-refractivity contribution is -0.258. The van der Waals surface area contributed by atoms with Gasteiger partial charge in [-0.25, -0.2) is 8.42 Å². The summed E-state index contributed by atoms with van der Waals surface area (Å²) in [6.45, 7) is 4.65. The van der Waals surface area contributed by atoms with E-state index in [1.54, 1.807) is 6.20 Å². The molecule has 31 heavy (non-hydrogen) atoms. The van der Waals surface area contributed by atoms with E-state index in [1.165, 1.54) is 4.31 Å². The van der Waals surface area contributed by atoms with Crippen molar-refractivity contribution in [2.45, 2.75) is 43.0 Å². The van der Waals surface area contributed by atoms with E-state index < -0.39 is 27.4 Å². The summed E-state index contributed by atoms with van der Waals surface area (Å²) in [6.07, 6.45) is -0.530. The first kappa shape index (κ1) is 23.6. The average Bonchev–Trinajstić information content (AvgIpc) is 2.72. The molecule has 1 aromatic carbocycles. The lowest BCUT2D eigenvalue weighted by atomic mass is 9.96. The molecule has 2 aromatic rings. The second-order valence-corrected chi connectivity index (χ2v) is 9.86. The van der Waals surface area contributed by atoms with Gasteiger partial charge in [-0.1, -0.05) is 18.2 Å². The zero-order valence-electron chi connectivity index (χ0n) is 17.4. The van der Waals surface area contributed by atoms with E-state index in [4.69, 9.17) is 0 Å². The van der Waals surface area contributed by atoms with E-state index in [9.17, 15) is 26.7 Å². The van der Waals surface area contributed by atoms with Gasteiger partial charge in [0.25, 0.3) is 0 Å². The lowest BCUT2D eigenvalue weighted by Crippen LogP contribution is -2.54. The third-order valence-corrected chi connectivity index (χ3v) is 7.69. The molecular weight excluding hydrogens is 431 g/mol. The summed E-state index contributed by atoms with van der Waals surface area (Å²) in [5.41, 5.74) is -2.35. The van der Waals surface area contributed by atoms with Gasteiger partial charge in [0.1, 0.15) is 0 Å². The number of hydrogen-bond acceptors (Lipinski definition) is 5. The topological polar surface area (TPSA) is 73.7 Å². The smallest absolute Gasteiger partial charge is 0.376 e. The van der Waals surface area contributed by atoms with E-state index >= 15 is 0 Å². The number of nitrogens with zero attached hydrogens (tertiary/aromatic N) is 3. The van der Waals surface area contributed by atoms with Crippen LogP contribution in [0.2, 0.25) is 0 Å². The first-order valence-corrected chi connectivity index (χ1v) is 11.4. The third-order valence-electron chi connectivity index (χ3n) is 5.67. The summed E-state index contributed by atoms with van der Waals surface area (Å²) < 4.78 is 66.5. The standard InChI is InChI=1S/C21H26F3N3O3S/c1-16-15-26(11-9-17-4-3-10-25-14-17)12-13-27(16)31(29,30)19-7-5-18(6-8-19)20(2,28)21(22,23)24/h3-8,10,14,16,28H,9,11-13,15H2,1-2H3/t16-,20?/m1/s1. The summed E-state index contributed by atoms with van der Waals surface area (Å²) >= 11 is 0. The molecule has 0 radical (unpaired) electrons. The fraction of sp³-hybridized carbons (Fsp3) is 0.476. The SMILES string of the molecule is C[C@@H]1CN(CCc2cccnc2)CCN1S(=O)(=O)c1ccc(C(C)(O)C(F)(F)F)cc1. The van der Waals surface area contributed by atoms with Crippen LogP contribution in [0.3, 0.4) is 0 Å². The molecule has 2 heterocycles. The summed E-state index contributed by atoms with van der Waals surface area (Å²) in [5.74, 6) is 0. The van der Waals surface area contributed by atoms with Crippen LogP contribution in [-0.4, -0.2) is 66.1 Å². The maximum Gasteiger partial charge on any atom is 0.421 e. The van der Waals surface area contributed by atoms with Crippen molar-refractivity contribution < 1.29 is 26.7 Å². The molecule has 1 unspecified atom stereocenters. The molecule has 1 fully saturated rings. The van der Waals surface area contributed by atoms with E-state index in [-0.39, 0.29) is 10.9 Å². The van der Waals surface area contributed by atoms with Gasteiger partial charge >= 0.3 is 6.18 Å². The molecule has 2 atom stereocenters. The van der Waals surface area contributed by atoms with Crippen LogP contribution < -0.4 is 0 Å². The predicted octanol–water partition coefficient (Wildman–Crippen LogP) is 2.79. The minimum atomic E-state index is -4.87. The first-order chi connectivity index (χ1) is 14.4. The number of benzene rings is 1. The Bertz CT molecular complexity index is 980. The minimum Gasteiger partial charge on any atom is -0.376 e. The molecule has 0 aliphatic carbocycles. The number of hydrogen-bond donors (Lipinski definition) is 1. The van der Waals surface area contributed by atoms with Crippen molar-refractivity contribution in [3.05, 3.63) is 59.9 Å². The summed E-state index contributed by atoms with van der Waals surface area (Å²) in [6, 6.07) is 7.84. The first-order valence-electron chi connectivity index (χ1n) is 9.95. The monoisotopic (exact) mass is 457 g/mol. The number of piperazine rings is 1. The number of pyridine rings is 1. The van der Waals surface area contributed by atoms with Crippen molar-refractivity contribution in [1.82, 2.24) is 14.2 Å². The van der Waals surface area contributed by atoms with Gasteiger partial charge in [-0.15, -0.1) is 0 Å². The number of halogens is 3. The largest absolute Gasteiger partial charge is 0.421 e. The lowest BCUT2D eigenvalue weighted by Gasteiger charge is -2.39. The number of aliphatic hydroxyl groups is 1. The van der Waals surface area contributed by atoms with Gasteiger partial charge in [-0.2, -0.15) is 17.5 Å². The molecule has 1 aliphatic rings. The van der Waals surface area contributed by atoms with Gasteiger partial charge < -0.3 is 10.0 Å². The van der Waals surface area contributed by atoms with Crippen molar-refractivity contribution >= 4 is 10.0 Å². The van der Waals surface area contributed by atoms with Crippen LogP contribution in [0.15, 0.2) is 53.7 Å². The van der Waals surface area contributed by atoms with Crippen molar-refractivity contribution in [3.63, 3.8) is 0 Å². The van der Waals surface area contributed by atoms with Crippen LogP contribution in [0.25, 0.3) is 0 Å². The molecule has 6 nitrogen and oxygen atoms in total. The Morgan fingerprint density at radius 2 is 1.84 bits per heavy atom. The highest BCUT2D eigenvalue weighted by atomic mass is 32.2. The third kappa shape index (κ3) is 5.08. The van der Waals surface area contributed by atoms with Crippen molar-refractivity contribution in [1.29, 1.82) is 0 Å². The number of aromatic nitrogens is 1. The second kappa shape index (κ2) is 8.85. The Hall–Kier alpha value is -2.01. The fourth-order valence-electron chi connectivity index (χ4n) is 3.66. The zero-order valence-corrected chi connectivity index (χ0v) is 18.2. The molecule has 0 saturated carbocycles. The number of rotatable bonds is 6. The molecule has 1 saturated heterocycles. The molecule has 1 aromatic heterocycles. The van der Waals surface area contributed by atoms with Gasteiger partial charge in [-0.05, 0) is 49.6 Å². The van der Waals surface area contributed by atoms with Gasteiger partial charge in [0.15, 0.2) is 5.60 Å². The van der Waals surface area contributed by atoms with Crippen molar-refractivity contribution in [2.24, 2.45) is 0 Å². The summed E-state index contributed by atoms with van der Waals surface area (Å²) in [5, 5.41) is 9.77. The van der Waals surface area contributed by atoms with Crippen LogP contribution in [-0.2, 0) is 22.0 Å². The maximum atomic E-state index is 13.1. The Balaban J connectivity index is 1.67. The van der Waals surface area contributed by atoms with Gasteiger partial charge in [-0.3, -0.25) is 4.98 Å². The molecule has 0 amide bonds. The van der Waals surface area contributed by atoms with Crippen LogP contribution in [0.5, 0.6) is 0 Å². The van der Waals surface area contributed by atoms with Crippen LogP contribution in [0.1, 0.15) is 25.0 Å². The normalized spacial score (nSPS) is 21.0. The number of alkyl halides is 3. The molecule has 170 valence electrons. The van der Waals surface area contributed by atoms with E-state index in [2.05, 4.69) is 9.88 Å². The van der Waals surface area contributed by atoms with E-state index in [0.717, 1.165) is 42.8 Å². The van der Waals surface area contributed by atoms with Gasteiger partial charge in [0.05, 0.1) is 4.90 Å². The molecule has 1 aliphatic heterocycles. The Morgan fingerprint density at radius 3 is 2.39 bits per heavy atom. The molecular formula is C21H26F3N3O3S. The van der Waals surface area contributed by atoms with Gasteiger partial charge in [0, 0.05) is 44.6 Å². The highest BCUT2D eigenvalue weighted by molar-refractivity contribution is 7.89. The molecule has 3 rings (SSSR count). The van der Waals surface area contributed by atoms with Crippen molar-refractivity contribution in [2.75, 3.05) is 26.2 Å². The van der Waals surface area contributed by atoms with Crippen molar-refractivity contribution in [3.8, 4) is 0 Å².